The van der Waals surface area contributed by atoms with Crippen LogP contribution in [0.25, 0.3) is 11.1 Å². The zero-order chi connectivity index (χ0) is 16.6. The van der Waals surface area contributed by atoms with Gasteiger partial charge in [-0.05, 0) is 74.2 Å². The molecule has 118 valence electrons. The first-order valence-electron chi connectivity index (χ1n) is 8.14. The molecule has 1 heteroatoms. The second-order valence-electron chi connectivity index (χ2n) is 6.97. The molecule has 0 amide bonds. The normalized spacial score (nSPS) is 22.3. The van der Waals surface area contributed by atoms with Gasteiger partial charge in [0.05, 0.1) is 0 Å². The van der Waals surface area contributed by atoms with Crippen molar-refractivity contribution < 1.29 is 0 Å². The van der Waals surface area contributed by atoms with E-state index >= 15 is 0 Å². The van der Waals surface area contributed by atoms with E-state index in [9.17, 15) is 0 Å². The Kier molecular flexibility index (Phi) is 4.50. The second kappa shape index (κ2) is 6.27. The summed E-state index contributed by atoms with van der Waals surface area (Å²) in [6, 6.07) is 15.8. The van der Waals surface area contributed by atoms with E-state index in [0.29, 0.717) is 11.8 Å². The van der Waals surface area contributed by atoms with Crippen molar-refractivity contribution >= 4 is 22.6 Å². The molecule has 0 saturated carbocycles. The molecule has 0 bridgehead atoms. The predicted molar refractivity (Wildman–Crippen MR) is 109 cm³/mol. The number of benzene rings is 2. The van der Waals surface area contributed by atoms with Gasteiger partial charge in [0, 0.05) is 3.57 Å². The summed E-state index contributed by atoms with van der Waals surface area (Å²) < 4.78 is 1.27. The van der Waals surface area contributed by atoms with Gasteiger partial charge in [-0.25, -0.2) is 0 Å². The number of fused-ring (bicyclic) bond motifs is 1. The topological polar surface area (TPSA) is 0 Å². The van der Waals surface area contributed by atoms with Crippen LogP contribution in [0.1, 0.15) is 37.8 Å². The van der Waals surface area contributed by atoms with Crippen molar-refractivity contribution in [3.8, 4) is 11.1 Å². The lowest BCUT2D eigenvalue weighted by Gasteiger charge is -2.28. The highest BCUT2D eigenvalue weighted by Gasteiger charge is 2.42. The molecule has 0 saturated heterocycles. The molecular weight excluding hydrogens is 391 g/mol. The molecule has 0 radical (unpaired) electrons. The van der Waals surface area contributed by atoms with Crippen LogP contribution in [-0.4, -0.2) is 0 Å². The Bertz CT molecular complexity index is 750. The van der Waals surface area contributed by atoms with Gasteiger partial charge in [0.1, 0.15) is 0 Å². The lowest BCUT2D eigenvalue weighted by Crippen LogP contribution is -2.23. The molecule has 0 N–H and O–H groups in total. The predicted octanol–water partition coefficient (Wildman–Crippen LogP) is 6.71. The maximum absolute atomic E-state index is 3.82. The van der Waals surface area contributed by atoms with Crippen LogP contribution in [0.3, 0.4) is 0 Å². The Balaban J connectivity index is 2.06. The van der Waals surface area contributed by atoms with E-state index in [-0.39, 0.29) is 5.41 Å². The minimum Gasteiger partial charge on any atom is -0.0991 e. The average Bonchev–Trinajstić information content (AvgIpc) is 2.73. The molecular formula is C22H23I. The van der Waals surface area contributed by atoms with Gasteiger partial charge < -0.3 is 0 Å². The SMILES string of the molecule is C=C/C=C\C1C(C)c2ccc(-c3ccc(I)cc3)cc2C1(C)C. The molecule has 3 rings (SSSR count). The first kappa shape index (κ1) is 16.5. The molecule has 2 atom stereocenters. The van der Waals surface area contributed by atoms with Crippen LogP contribution in [0.15, 0.2) is 67.3 Å². The van der Waals surface area contributed by atoms with Crippen molar-refractivity contribution in [3.63, 3.8) is 0 Å². The Hall–Kier alpha value is -1.35. The van der Waals surface area contributed by atoms with Gasteiger partial charge in [0.15, 0.2) is 0 Å². The van der Waals surface area contributed by atoms with E-state index in [4.69, 9.17) is 0 Å². The van der Waals surface area contributed by atoms with Gasteiger partial charge in [-0.2, -0.15) is 0 Å². The van der Waals surface area contributed by atoms with Crippen LogP contribution in [0.2, 0.25) is 0 Å². The quantitative estimate of drug-likeness (QED) is 0.387. The highest BCUT2D eigenvalue weighted by molar-refractivity contribution is 14.1. The minimum absolute atomic E-state index is 0.146. The number of allylic oxidation sites excluding steroid dienone is 3. The zero-order valence-corrected chi connectivity index (χ0v) is 16.2. The van der Waals surface area contributed by atoms with Crippen LogP contribution in [0, 0.1) is 9.49 Å². The molecule has 2 aromatic carbocycles. The fourth-order valence-corrected chi connectivity index (χ4v) is 4.30. The van der Waals surface area contributed by atoms with Gasteiger partial charge in [-0.15, -0.1) is 0 Å². The maximum atomic E-state index is 3.82. The summed E-state index contributed by atoms with van der Waals surface area (Å²) in [5.41, 5.74) is 5.73. The third-order valence-electron chi connectivity index (χ3n) is 5.24. The first-order valence-corrected chi connectivity index (χ1v) is 9.22. The summed E-state index contributed by atoms with van der Waals surface area (Å²) >= 11 is 2.35. The summed E-state index contributed by atoms with van der Waals surface area (Å²) in [5.74, 6) is 1.06. The molecule has 0 fully saturated rings. The number of halogens is 1. The fraction of sp³-hybridized carbons (Fsp3) is 0.273. The molecule has 2 unspecified atom stereocenters. The van der Waals surface area contributed by atoms with Crippen molar-refractivity contribution in [2.45, 2.75) is 32.1 Å². The van der Waals surface area contributed by atoms with Gasteiger partial charge in [-0.3, -0.25) is 0 Å². The summed E-state index contributed by atoms with van der Waals surface area (Å²) in [4.78, 5) is 0. The van der Waals surface area contributed by atoms with E-state index in [1.165, 1.54) is 25.8 Å². The smallest absolute Gasteiger partial charge is 0.0130 e. The summed E-state index contributed by atoms with van der Waals surface area (Å²) in [6.45, 7) is 10.9. The van der Waals surface area contributed by atoms with E-state index in [1.54, 1.807) is 0 Å². The Morgan fingerprint density at radius 1 is 1.04 bits per heavy atom. The van der Waals surface area contributed by atoms with E-state index < -0.39 is 0 Å². The van der Waals surface area contributed by atoms with Gasteiger partial charge in [0.25, 0.3) is 0 Å². The molecule has 23 heavy (non-hydrogen) atoms. The van der Waals surface area contributed by atoms with Crippen LogP contribution >= 0.6 is 22.6 Å². The van der Waals surface area contributed by atoms with Crippen LogP contribution < -0.4 is 0 Å². The van der Waals surface area contributed by atoms with Crippen molar-refractivity contribution in [1.29, 1.82) is 0 Å². The van der Waals surface area contributed by atoms with Gasteiger partial charge in [0.2, 0.25) is 0 Å². The molecule has 2 aromatic rings. The Morgan fingerprint density at radius 2 is 1.70 bits per heavy atom. The lowest BCUT2D eigenvalue weighted by molar-refractivity contribution is 0.381. The number of hydrogen-bond donors (Lipinski definition) is 0. The maximum Gasteiger partial charge on any atom is 0.0130 e. The fourth-order valence-electron chi connectivity index (χ4n) is 3.94. The van der Waals surface area contributed by atoms with E-state index in [1.807, 2.05) is 6.08 Å². The van der Waals surface area contributed by atoms with Crippen LogP contribution in [0.4, 0.5) is 0 Å². The third-order valence-corrected chi connectivity index (χ3v) is 5.96. The van der Waals surface area contributed by atoms with E-state index in [2.05, 4.69) is 105 Å². The van der Waals surface area contributed by atoms with Gasteiger partial charge >= 0.3 is 0 Å². The minimum atomic E-state index is 0.146. The molecule has 0 aliphatic heterocycles. The second-order valence-corrected chi connectivity index (χ2v) is 8.21. The number of hydrogen-bond acceptors (Lipinski definition) is 0. The summed E-state index contributed by atoms with van der Waals surface area (Å²) in [7, 11) is 0. The van der Waals surface area contributed by atoms with Crippen LogP contribution in [-0.2, 0) is 5.41 Å². The molecule has 0 nitrogen and oxygen atoms in total. The van der Waals surface area contributed by atoms with Crippen molar-refractivity contribution in [1.82, 2.24) is 0 Å². The standard InChI is InChI=1S/C22H23I/c1-5-6-7-20-15(2)19-13-10-17(14-21(19)22(20,3)4)16-8-11-18(23)12-9-16/h5-15,20H,1H2,2-4H3/b7-6-. The van der Waals surface area contributed by atoms with Crippen LogP contribution in [0.5, 0.6) is 0 Å². The van der Waals surface area contributed by atoms with Crippen molar-refractivity contribution in [3.05, 3.63) is 82.0 Å². The van der Waals surface area contributed by atoms with Crippen molar-refractivity contribution in [2.75, 3.05) is 0 Å². The summed E-state index contributed by atoms with van der Waals surface area (Å²) in [5, 5.41) is 0. The zero-order valence-electron chi connectivity index (χ0n) is 14.0. The largest absolute Gasteiger partial charge is 0.0991 e. The first-order chi connectivity index (χ1) is 10.9. The monoisotopic (exact) mass is 414 g/mol. The Labute approximate surface area is 153 Å². The molecule has 0 heterocycles. The molecule has 1 aliphatic carbocycles. The lowest BCUT2D eigenvalue weighted by atomic mass is 9.76. The highest BCUT2D eigenvalue weighted by Crippen LogP contribution is 2.51. The molecule has 0 aromatic heterocycles. The van der Waals surface area contributed by atoms with E-state index in [0.717, 1.165) is 0 Å². The number of rotatable bonds is 3. The molecule has 1 aliphatic rings. The summed E-state index contributed by atoms with van der Waals surface area (Å²) in [6.07, 6.45) is 6.29. The Morgan fingerprint density at radius 3 is 2.35 bits per heavy atom. The highest BCUT2D eigenvalue weighted by atomic mass is 127. The third kappa shape index (κ3) is 2.91. The van der Waals surface area contributed by atoms with Crippen molar-refractivity contribution in [2.24, 2.45) is 5.92 Å². The van der Waals surface area contributed by atoms with Gasteiger partial charge in [-0.1, -0.05) is 75.9 Å². The molecule has 0 spiro atoms. The average molecular weight is 414 g/mol.